The van der Waals surface area contributed by atoms with Gasteiger partial charge >= 0.3 is 0 Å². The van der Waals surface area contributed by atoms with E-state index in [4.69, 9.17) is 4.74 Å². The highest BCUT2D eigenvalue weighted by molar-refractivity contribution is 4.90. The highest BCUT2D eigenvalue weighted by Crippen LogP contribution is 2.28. The zero-order chi connectivity index (χ0) is 13.5. The van der Waals surface area contributed by atoms with Gasteiger partial charge in [0.05, 0.1) is 18.8 Å². The summed E-state index contributed by atoms with van der Waals surface area (Å²) in [4.78, 5) is 2.27. The van der Waals surface area contributed by atoms with Crippen molar-refractivity contribution in [2.45, 2.75) is 25.9 Å². The Balaban J connectivity index is 1.54. The molecule has 1 N–H and O–H groups in total. The first-order chi connectivity index (χ1) is 9.28. The van der Waals surface area contributed by atoms with E-state index < -0.39 is 0 Å². The minimum absolute atomic E-state index is 0.769. The van der Waals surface area contributed by atoms with Crippen LogP contribution in [-0.4, -0.2) is 60.3 Å². The minimum Gasteiger partial charge on any atom is -0.380 e. The number of ether oxygens (including phenoxy) is 1. The van der Waals surface area contributed by atoms with Crippen LogP contribution in [0.5, 0.6) is 0 Å². The van der Waals surface area contributed by atoms with Gasteiger partial charge < -0.3 is 15.0 Å². The number of rotatable bonds is 10. The van der Waals surface area contributed by atoms with Crippen LogP contribution in [0.3, 0.4) is 0 Å². The second-order valence-electron chi connectivity index (χ2n) is 5.32. The van der Waals surface area contributed by atoms with Gasteiger partial charge in [-0.1, -0.05) is 5.21 Å². The van der Waals surface area contributed by atoms with Gasteiger partial charge in [0.1, 0.15) is 0 Å². The van der Waals surface area contributed by atoms with Crippen LogP contribution in [0.1, 0.15) is 18.5 Å². The number of hydrogen-bond donors (Lipinski definition) is 1. The Morgan fingerprint density at radius 1 is 1.47 bits per heavy atom. The molecule has 1 fully saturated rings. The molecule has 0 amide bonds. The third-order valence-corrected chi connectivity index (χ3v) is 3.32. The lowest BCUT2D eigenvalue weighted by Crippen LogP contribution is -2.27. The van der Waals surface area contributed by atoms with E-state index in [2.05, 4.69) is 27.6 Å². The predicted octanol–water partition coefficient (Wildman–Crippen LogP) is 0.356. The maximum atomic E-state index is 5.63. The molecule has 1 aliphatic rings. The van der Waals surface area contributed by atoms with Crippen molar-refractivity contribution in [3.63, 3.8) is 0 Å². The van der Waals surface area contributed by atoms with E-state index in [0.717, 1.165) is 51.0 Å². The summed E-state index contributed by atoms with van der Waals surface area (Å²) in [5.74, 6) is 0.853. The van der Waals surface area contributed by atoms with Crippen LogP contribution < -0.4 is 5.32 Å². The normalized spacial score (nSPS) is 15.3. The molecule has 0 radical (unpaired) electrons. The molecule has 6 heteroatoms. The molecule has 0 saturated heterocycles. The van der Waals surface area contributed by atoms with E-state index in [1.807, 2.05) is 17.9 Å². The molecule has 0 unspecified atom stereocenters. The third kappa shape index (κ3) is 5.67. The molecule has 1 aromatic rings. The lowest BCUT2D eigenvalue weighted by molar-refractivity contribution is 0.102. The van der Waals surface area contributed by atoms with Crippen molar-refractivity contribution in [2.24, 2.45) is 5.92 Å². The Kier molecular flexibility index (Phi) is 5.75. The largest absolute Gasteiger partial charge is 0.380 e. The van der Waals surface area contributed by atoms with Crippen LogP contribution >= 0.6 is 0 Å². The topological polar surface area (TPSA) is 55.2 Å². The van der Waals surface area contributed by atoms with Gasteiger partial charge in [0, 0.05) is 32.4 Å². The third-order valence-electron chi connectivity index (χ3n) is 3.32. The molecule has 0 atom stereocenters. The van der Waals surface area contributed by atoms with Crippen molar-refractivity contribution in [3.8, 4) is 0 Å². The number of hydrogen-bond acceptors (Lipinski definition) is 5. The lowest BCUT2D eigenvalue weighted by atomic mass is 10.4. The van der Waals surface area contributed by atoms with Crippen molar-refractivity contribution in [1.82, 2.24) is 25.2 Å². The summed E-state index contributed by atoms with van der Waals surface area (Å²) >= 11 is 0. The second kappa shape index (κ2) is 7.57. The first-order valence-electron chi connectivity index (χ1n) is 7.08. The molecule has 0 spiro atoms. The summed E-state index contributed by atoms with van der Waals surface area (Å²) in [5, 5.41) is 11.3. The minimum atomic E-state index is 0.769. The maximum absolute atomic E-state index is 5.63. The summed E-state index contributed by atoms with van der Waals surface area (Å²) in [6, 6.07) is 0. The quantitative estimate of drug-likeness (QED) is 0.620. The molecule has 1 aliphatic carbocycles. The maximum Gasteiger partial charge on any atom is 0.0964 e. The highest BCUT2D eigenvalue weighted by atomic mass is 16.5. The molecule has 0 bridgehead atoms. The molecule has 1 aromatic heterocycles. The van der Waals surface area contributed by atoms with Crippen molar-refractivity contribution in [3.05, 3.63) is 11.9 Å². The van der Waals surface area contributed by atoms with Crippen LogP contribution in [0.4, 0.5) is 0 Å². The lowest BCUT2D eigenvalue weighted by Gasteiger charge is -2.16. The Labute approximate surface area is 115 Å². The van der Waals surface area contributed by atoms with Gasteiger partial charge in [0.2, 0.25) is 0 Å². The van der Waals surface area contributed by atoms with Gasteiger partial charge in [-0.3, -0.25) is 4.68 Å². The van der Waals surface area contributed by atoms with E-state index in [1.54, 1.807) is 0 Å². The molecule has 1 heterocycles. The number of nitrogens with one attached hydrogen (secondary N) is 1. The second-order valence-corrected chi connectivity index (χ2v) is 5.32. The van der Waals surface area contributed by atoms with Crippen molar-refractivity contribution >= 4 is 0 Å². The van der Waals surface area contributed by atoms with Gasteiger partial charge in [-0.05, 0) is 32.9 Å². The summed E-state index contributed by atoms with van der Waals surface area (Å²) in [5.41, 5.74) is 0.984. The van der Waals surface area contributed by atoms with Crippen LogP contribution in [-0.2, 0) is 17.8 Å². The van der Waals surface area contributed by atoms with E-state index in [0.29, 0.717) is 0 Å². The number of aromatic nitrogens is 3. The highest BCUT2D eigenvalue weighted by Gasteiger charge is 2.20. The average molecular weight is 267 g/mol. The standard InChI is InChI=1S/C13H25N5O/c1-14-9-13-10-18(16-15-13)6-5-17(2)7-8-19-11-12-3-4-12/h10,12,14H,3-9,11H2,1-2H3. The molecular weight excluding hydrogens is 242 g/mol. The Morgan fingerprint density at radius 2 is 2.32 bits per heavy atom. The summed E-state index contributed by atoms with van der Waals surface area (Å²) in [7, 11) is 4.03. The molecule has 108 valence electrons. The van der Waals surface area contributed by atoms with Crippen LogP contribution in [0.2, 0.25) is 0 Å². The van der Waals surface area contributed by atoms with E-state index in [1.165, 1.54) is 12.8 Å². The zero-order valence-electron chi connectivity index (χ0n) is 12.0. The smallest absolute Gasteiger partial charge is 0.0964 e. The Morgan fingerprint density at radius 3 is 3.05 bits per heavy atom. The van der Waals surface area contributed by atoms with Crippen molar-refractivity contribution in [1.29, 1.82) is 0 Å². The van der Waals surface area contributed by atoms with Gasteiger partial charge in [-0.15, -0.1) is 5.10 Å². The molecule has 1 saturated carbocycles. The van der Waals surface area contributed by atoms with Gasteiger partial charge in [0.25, 0.3) is 0 Å². The Hall–Kier alpha value is -0.980. The fourth-order valence-electron chi connectivity index (χ4n) is 1.85. The van der Waals surface area contributed by atoms with Crippen molar-refractivity contribution in [2.75, 3.05) is 40.4 Å². The van der Waals surface area contributed by atoms with Gasteiger partial charge in [0.15, 0.2) is 0 Å². The monoisotopic (exact) mass is 267 g/mol. The summed E-state index contributed by atoms with van der Waals surface area (Å²) in [6.07, 6.45) is 4.71. The number of likely N-dealkylation sites (N-methyl/N-ethyl adjacent to an activating group) is 1. The van der Waals surface area contributed by atoms with E-state index >= 15 is 0 Å². The van der Waals surface area contributed by atoms with Gasteiger partial charge in [-0.2, -0.15) is 0 Å². The van der Waals surface area contributed by atoms with E-state index in [9.17, 15) is 0 Å². The summed E-state index contributed by atoms with van der Waals surface area (Å²) < 4.78 is 7.53. The van der Waals surface area contributed by atoms with Crippen LogP contribution in [0.15, 0.2) is 6.20 Å². The van der Waals surface area contributed by atoms with Crippen LogP contribution in [0, 0.1) is 5.92 Å². The summed E-state index contributed by atoms with van der Waals surface area (Å²) in [6.45, 7) is 5.36. The molecule has 0 aromatic carbocycles. The molecule has 19 heavy (non-hydrogen) atoms. The number of nitrogens with zero attached hydrogens (tertiary/aromatic N) is 4. The van der Waals surface area contributed by atoms with Crippen molar-refractivity contribution < 1.29 is 4.74 Å². The molecular formula is C13H25N5O. The zero-order valence-corrected chi connectivity index (χ0v) is 12.0. The van der Waals surface area contributed by atoms with Gasteiger partial charge in [-0.25, -0.2) is 0 Å². The predicted molar refractivity (Wildman–Crippen MR) is 73.8 cm³/mol. The fourth-order valence-corrected chi connectivity index (χ4v) is 1.85. The van der Waals surface area contributed by atoms with Crippen LogP contribution in [0.25, 0.3) is 0 Å². The molecule has 2 rings (SSSR count). The molecule has 6 nitrogen and oxygen atoms in total. The van der Waals surface area contributed by atoms with E-state index in [-0.39, 0.29) is 0 Å². The Bertz CT molecular complexity index is 364. The first kappa shape index (κ1) is 14.4. The fraction of sp³-hybridized carbons (Fsp3) is 0.846. The average Bonchev–Trinajstić information content (AvgIpc) is 3.12. The SMILES string of the molecule is CNCc1cn(CCN(C)CCOCC2CC2)nn1. The molecule has 0 aliphatic heterocycles. The first-order valence-corrected chi connectivity index (χ1v) is 7.08.